The fourth-order valence-corrected chi connectivity index (χ4v) is 3.88. The van der Waals surface area contributed by atoms with Crippen LogP contribution in [0.15, 0.2) is 28.7 Å². The highest BCUT2D eigenvalue weighted by atomic mass is 32.2. The van der Waals surface area contributed by atoms with Crippen LogP contribution in [0.25, 0.3) is 0 Å². The molecule has 1 aliphatic carbocycles. The van der Waals surface area contributed by atoms with E-state index in [1.165, 1.54) is 0 Å². The average Bonchev–Trinajstić information content (AvgIpc) is 3.03. The van der Waals surface area contributed by atoms with Crippen LogP contribution in [0.5, 0.6) is 0 Å². The summed E-state index contributed by atoms with van der Waals surface area (Å²) in [4.78, 5) is 21.8. The fraction of sp³-hybridized carbons (Fsp3) is 0.588. The van der Waals surface area contributed by atoms with E-state index in [1.54, 1.807) is 18.0 Å². The van der Waals surface area contributed by atoms with Crippen molar-refractivity contribution >= 4 is 11.8 Å². The van der Waals surface area contributed by atoms with Crippen molar-refractivity contribution in [2.75, 3.05) is 0 Å². The zero-order chi connectivity index (χ0) is 16.2. The van der Waals surface area contributed by atoms with Crippen LogP contribution < -0.4 is 5.56 Å². The normalized spacial score (nSPS) is 14.2. The molecule has 0 spiro atoms. The summed E-state index contributed by atoms with van der Waals surface area (Å²) in [7, 11) is 0. The summed E-state index contributed by atoms with van der Waals surface area (Å²) in [6.45, 7) is 5.87. The van der Waals surface area contributed by atoms with Gasteiger partial charge in [0.25, 0.3) is 5.56 Å². The maximum absolute atomic E-state index is 12.9. The molecular weight excluding hydrogens is 308 g/mol. The predicted molar refractivity (Wildman–Crippen MR) is 93.0 cm³/mol. The first kappa shape index (κ1) is 16.3. The van der Waals surface area contributed by atoms with E-state index in [0.717, 1.165) is 55.1 Å². The molecule has 6 heteroatoms. The predicted octanol–water partition coefficient (Wildman–Crippen LogP) is 2.91. The lowest BCUT2D eigenvalue weighted by Gasteiger charge is -2.20. The van der Waals surface area contributed by atoms with Crippen LogP contribution in [-0.2, 0) is 25.9 Å². The van der Waals surface area contributed by atoms with E-state index in [0.29, 0.717) is 11.8 Å². The molecule has 23 heavy (non-hydrogen) atoms. The maximum Gasteiger partial charge on any atom is 0.257 e. The number of aryl methyl sites for hydroxylation is 2. The Labute approximate surface area is 141 Å². The van der Waals surface area contributed by atoms with E-state index in [2.05, 4.69) is 18.8 Å². The number of rotatable bonds is 6. The number of hydrogen-bond acceptors (Lipinski definition) is 4. The molecule has 0 fully saturated rings. The molecule has 0 radical (unpaired) electrons. The van der Waals surface area contributed by atoms with E-state index in [1.807, 2.05) is 21.7 Å². The lowest BCUT2D eigenvalue weighted by Crippen LogP contribution is -2.30. The van der Waals surface area contributed by atoms with Crippen LogP contribution in [-0.4, -0.2) is 24.4 Å². The molecule has 0 atom stereocenters. The molecule has 3 rings (SSSR count). The number of imidazole rings is 1. The minimum atomic E-state index is 0.184. The minimum absolute atomic E-state index is 0.184. The van der Waals surface area contributed by atoms with E-state index in [4.69, 9.17) is 4.98 Å². The molecule has 2 aromatic rings. The second-order valence-electron chi connectivity index (χ2n) is 6.30. The molecule has 0 amide bonds. The molecule has 0 unspecified atom stereocenters. The Morgan fingerprint density at radius 3 is 2.83 bits per heavy atom. The van der Waals surface area contributed by atoms with E-state index < -0.39 is 0 Å². The molecule has 1 aliphatic rings. The Bertz CT molecular complexity index is 706. The zero-order valence-corrected chi connectivity index (χ0v) is 14.7. The minimum Gasteiger partial charge on any atom is -0.337 e. The Kier molecular flexibility index (Phi) is 5.20. The Morgan fingerprint density at radius 1 is 1.26 bits per heavy atom. The monoisotopic (exact) mass is 332 g/mol. The molecular formula is C17H24N4OS. The highest BCUT2D eigenvalue weighted by Crippen LogP contribution is 2.24. The number of fused-ring (bicyclic) bond motifs is 1. The van der Waals surface area contributed by atoms with Crippen LogP contribution in [0.4, 0.5) is 0 Å². The zero-order valence-electron chi connectivity index (χ0n) is 13.9. The topological polar surface area (TPSA) is 52.7 Å². The summed E-state index contributed by atoms with van der Waals surface area (Å²) >= 11 is 1.69. The van der Waals surface area contributed by atoms with E-state index in [9.17, 15) is 4.79 Å². The first-order valence-electron chi connectivity index (χ1n) is 8.40. The number of aromatic nitrogens is 4. The van der Waals surface area contributed by atoms with E-state index >= 15 is 0 Å². The van der Waals surface area contributed by atoms with Gasteiger partial charge in [0.05, 0.1) is 12.0 Å². The van der Waals surface area contributed by atoms with Crippen molar-refractivity contribution < 1.29 is 0 Å². The molecule has 0 saturated carbocycles. The van der Waals surface area contributed by atoms with Gasteiger partial charge in [-0.2, -0.15) is 0 Å². The Balaban J connectivity index is 1.84. The van der Waals surface area contributed by atoms with Crippen molar-refractivity contribution in [1.82, 2.24) is 19.1 Å². The van der Waals surface area contributed by atoms with Crippen LogP contribution >= 0.6 is 11.8 Å². The van der Waals surface area contributed by atoms with Gasteiger partial charge in [0.2, 0.25) is 0 Å². The highest BCUT2D eigenvalue weighted by molar-refractivity contribution is 7.99. The summed E-state index contributed by atoms with van der Waals surface area (Å²) in [5.74, 6) is 0. The molecule has 0 saturated heterocycles. The fourth-order valence-electron chi connectivity index (χ4n) is 3.00. The number of hydrogen-bond donors (Lipinski definition) is 0. The van der Waals surface area contributed by atoms with Gasteiger partial charge in [-0.05, 0) is 32.1 Å². The van der Waals surface area contributed by atoms with Crippen molar-refractivity contribution in [2.24, 2.45) is 0 Å². The third kappa shape index (κ3) is 3.86. The standard InChI is InChI=1S/C17H24N4OS/c1-13(2)23-17-19-15-7-4-3-6-14(15)16(22)21(17)10-5-9-20-11-8-18-12-20/h8,11-13H,3-7,9-10H2,1-2H3. The quantitative estimate of drug-likeness (QED) is 0.603. The average molecular weight is 332 g/mol. The third-order valence-corrected chi connectivity index (χ3v) is 5.10. The van der Waals surface area contributed by atoms with Crippen LogP contribution in [0.3, 0.4) is 0 Å². The first-order chi connectivity index (χ1) is 11.1. The third-order valence-electron chi connectivity index (χ3n) is 4.10. The molecule has 2 heterocycles. The second kappa shape index (κ2) is 7.34. The van der Waals surface area contributed by atoms with Gasteiger partial charge in [0.15, 0.2) is 5.16 Å². The SMILES string of the molecule is CC(C)Sc1nc2c(c(=O)n1CCCn1ccnc1)CCCC2. The van der Waals surface area contributed by atoms with Crippen LogP contribution in [0, 0.1) is 0 Å². The lowest BCUT2D eigenvalue weighted by molar-refractivity contribution is 0.496. The molecule has 0 aromatic carbocycles. The summed E-state index contributed by atoms with van der Waals surface area (Å²) < 4.78 is 3.94. The first-order valence-corrected chi connectivity index (χ1v) is 9.28. The van der Waals surface area contributed by atoms with Crippen molar-refractivity contribution in [1.29, 1.82) is 0 Å². The maximum atomic E-state index is 12.9. The van der Waals surface area contributed by atoms with Gasteiger partial charge in [-0.15, -0.1) is 0 Å². The van der Waals surface area contributed by atoms with Crippen molar-refractivity contribution in [3.8, 4) is 0 Å². The molecule has 0 aliphatic heterocycles. The lowest BCUT2D eigenvalue weighted by atomic mass is 9.97. The van der Waals surface area contributed by atoms with Crippen molar-refractivity contribution in [3.05, 3.63) is 40.3 Å². The van der Waals surface area contributed by atoms with Crippen molar-refractivity contribution in [2.45, 2.75) is 69.4 Å². The van der Waals surface area contributed by atoms with Gasteiger partial charge in [-0.3, -0.25) is 9.36 Å². The highest BCUT2D eigenvalue weighted by Gasteiger charge is 2.19. The second-order valence-corrected chi connectivity index (χ2v) is 7.85. The van der Waals surface area contributed by atoms with Crippen molar-refractivity contribution in [3.63, 3.8) is 0 Å². The Morgan fingerprint density at radius 2 is 2.09 bits per heavy atom. The molecule has 5 nitrogen and oxygen atoms in total. The molecule has 0 bridgehead atoms. The number of nitrogens with zero attached hydrogens (tertiary/aromatic N) is 4. The van der Waals surface area contributed by atoms with Gasteiger partial charge in [-0.1, -0.05) is 25.6 Å². The summed E-state index contributed by atoms with van der Waals surface area (Å²) in [5, 5.41) is 1.31. The molecule has 124 valence electrons. The summed E-state index contributed by atoms with van der Waals surface area (Å²) in [6, 6.07) is 0. The smallest absolute Gasteiger partial charge is 0.257 e. The molecule has 0 N–H and O–H groups in total. The summed E-state index contributed by atoms with van der Waals surface area (Å²) in [6.07, 6.45) is 10.6. The largest absolute Gasteiger partial charge is 0.337 e. The van der Waals surface area contributed by atoms with E-state index in [-0.39, 0.29) is 5.56 Å². The van der Waals surface area contributed by atoms with Gasteiger partial charge >= 0.3 is 0 Å². The van der Waals surface area contributed by atoms with Gasteiger partial charge in [0.1, 0.15) is 0 Å². The molecule has 2 aromatic heterocycles. The van der Waals surface area contributed by atoms with Crippen LogP contribution in [0.2, 0.25) is 0 Å². The number of thioether (sulfide) groups is 1. The summed E-state index contributed by atoms with van der Waals surface area (Å²) in [5.41, 5.74) is 2.17. The van der Waals surface area contributed by atoms with Crippen LogP contribution in [0.1, 0.15) is 44.4 Å². The Hall–Kier alpha value is -1.56. The van der Waals surface area contributed by atoms with Gasteiger partial charge in [0, 0.05) is 36.3 Å². The van der Waals surface area contributed by atoms with Gasteiger partial charge < -0.3 is 4.57 Å². The van der Waals surface area contributed by atoms with Gasteiger partial charge in [-0.25, -0.2) is 9.97 Å².